The minimum atomic E-state index is -0.901. The number of nitrogens with one attached hydrogen (secondary N) is 1. The Balaban J connectivity index is 2.11. The average Bonchev–Trinajstić information content (AvgIpc) is 2.64. The molecule has 0 saturated heterocycles. The molecule has 2 aromatic carbocycles. The van der Waals surface area contributed by atoms with Crippen LogP contribution >= 0.6 is 0 Å². The Morgan fingerprint density at radius 2 is 1.77 bits per heavy atom. The Morgan fingerprint density at radius 3 is 2.54 bits per heavy atom. The zero-order valence-electron chi connectivity index (χ0n) is 14.5. The van der Waals surface area contributed by atoms with Gasteiger partial charge in [0.05, 0.1) is 5.69 Å². The summed E-state index contributed by atoms with van der Waals surface area (Å²) >= 11 is 0. The van der Waals surface area contributed by atoms with Gasteiger partial charge in [-0.05, 0) is 42.3 Å². The van der Waals surface area contributed by atoms with Crippen molar-refractivity contribution in [1.82, 2.24) is 4.98 Å². The molecule has 0 bridgehead atoms. The number of phenolic OH excluding ortho intramolecular Hbond substituents is 1. The molecule has 0 aliphatic rings. The van der Waals surface area contributed by atoms with Gasteiger partial charge in [-0.25, -0.2) is 13.8 Å². The first-order chi connectivity index (χ1) is 12.6. The van der Waals surface area contributed by atoms with Crippen molar-refractivity contribution < 1.29 is 13.9 Å². The van der Waals surface area contributed by atoms with Crippen molar-refractivity contribution in [3.05, 3.63) is 66.2 Å². The highest BCUT2D eigenvalue weighted by molar-refractivity contribution is 5.76. The number of hydrogen-bond acceptors (Lipinski definition) is 3. The number of aromatic hydroxyl groups is 1. The number of benzene rings is 2. The number of para-hydroxylation sites is 1. The summed E-state index contributed by atoms with van der Waals surface area (Å²) in [6.07, 6.45) is 1.99. The van der Waals surface area contributed by atoms with E-state index in [-0.39, 0.29) is 11.3 Å². The molecule has 3 aromatic rings. The van der Waals surface area contributed by atoms with Gasteiger partial charge in [0.25, 0.3) is 0 Å². The predicted octanol–water partition coefficient (Wildman–Crippen LogP) is 5.61. The van der Waals surface area contributed by atoms with Crippen molar-refractivity contribution in [1.29, 1.82) is 0 Å². The number of aromatic nitrogens is 1. The van der Waals surface area contributed by atoms with Crippen LogP contribution in [0.15, 0.2) is 54.6 Å². The van der Waals surface area contributed by atoms with Crippen molar-refractivity contribution in [2.45, 2.75) is 19.8 Å². The van der Waals surface area contributed by atoms with Gasteiger partial charge in [0.1, 0.15) is 11.6 Å². The van der Waals surface area contributed by atoms with E-state index in [1.165, 1.54) is 12.1 Å². The maximum absolute atomic E-state index is 14.3. The maximum atomic E-state index is 14.3. The van der Waals surface area contributed by atoms with Crippen molar-refractivity contribution in [3.8, 4) is 28.1 Å². The molecule has 0 amide bonds. The lowest BCUT2D eigenvalue weighted by molar-refractivity contribution is 0.477. The Labute approximate surface area is 151 Å². The van der Waals surface area contributed by atoms with Crippen LogP contribution in [0.5, 0.6) is 5.75 Å². The molecule has 0 spiro atoms. The quantitative estimate of drug-likeness (QED) is 0.566. The molecule has 0 fully saturated rings. The van der Waals surface area contributed by atoms with Gasteiger partial charge < -0.3 is 10.4 Å². The maximum Gasteiger partial charge on any atom is 0.166 e. The monoisotopic (exact) mass is 354 g/mol. The van der Waals surface area contributed by atoms with Gasteiger partial charge in [-0.3, -0.25) is 0 Å². The van der Waals surface area contributed by atoms with E-state index in [4.69, 9.17) is 0 Å². The molecule has 0 saturated carbocycles. The standard InChI is InChI=1S/C21H20F2N2O/c1-2-3-11-24-20-13-14(15-8-6-9-17(22)21(15)23)12-18(25-20)16-7-4-5-10-19(16)26/h4-10,12-13,26H,2-3,11H2,1H3,(H,24,25). The van der Waals surface area contributed by atoms with E-state index in [0.29, 0.717) is 22.6 Å². The fourth-order valence-corrected chi connectivity index (χ4v) is 2.72. The minimum Gasteiger partial charge on any atom is -0.507 e. The molecule has 2 N–H and O–H groups in total. The second-order valence-electron chi connectivity index (χ2n) is 6.03. The van der Waals surface area contributed by atoms with E-state index in [1.807, 2.05) is 0 Å². The molecule has 0 atom stereocenters. The van der Waals surface area contributed by atoms with Crippen LogP contribution in [0.3, 0.4) is 0 Å². The van der Waals surface area contributed by atoms with E-state index in [0.717, 1.165) is 25.5 Å². The van der Waals surface area contributed by atoms with Gasteiger partial charge in [-0.1, -0.05) is 37.6 Å². The third-order valence-electron chi connectivity index (χ3n) is 4.10. The number of halogens is 2. The van der Waals surface area contributed by atoms with Crippen molar-refractivity contribution in [2.24, 2.45) is 0 Å². The first-order valence-electron chi connectivity index (χ1n) is 8.59. The number of nitrogens with zero attached hydrogens (tertiary/aromatic N) is 1. The van der Waals surface area contributed by atoms with Crippen LogP contribution in [0.25, 0.3) is 22.4 Å². The van der Waals surface area contributed by atoms with E-state index in [2.05, 4.69) is 17.2 Å². The van der Waals surface area contributed by atoms with E-state index >= 15 is 0 Å². The Morgan fingerprint density at radius 1 is 1.00 bits per heavy atom. The fraction of sp³-hybridized carbons (Fsp3) is 0.190. The number of anilines is 1. The Bertz CT molecular complexity index is 912. The molecule has 0 unspecified atom stereocenters. The molecule has 134 valence electrons. The van der Waals surface area contributed by atoms with Crippen LogP contribution in [0, 0.1) is 11.6 Å². The second kappa shape index (κ2) is 7.95. The Kier molecular flexibility index (Phi) is 5.46. The molecule has 26 heavy (non-hydrogen) atoms. The highest BCUT2D eigenvalue weighted by Gasteiger charge is 2.14. The lowest BCUT2D eigenvalue weighted by atomic mass is 10.0. The summed E-state index contributed by atoms with van der Waals surface area (Å²) in [6, 6.07) is 14.2. The molecular formula is C21H20F2N2O. The highest BCUT2D eigenvalue weighted by Crippen LogP contribution is 2.33. The number of rotatable bonds is 6. The summed E-state index contributed by atoms with van der Waals surface area (Å²) in [6.45, 7) is 2.81. The van der Waals surface area contributed by atoms with Crippen LogP contribution in [-0.2, 0) is 0 Å². The van der Waals surface area contributed by atoms with Gasteiger partial charge in [0, 0.05) is 17.7 Å². The van der Waals surface area contributed by atoms with Crippen molar-refractivity contribution >= 4 is 5.82 Å². The summed E-state index contributed by atoms with van der Waals surface area (Å²) in [5.74, 6) is -1.17. The molecule has 3 nitrogen and oxygen atoms in total. The zero-order chi connectivity index (χ0) is 18.5. The second-order valence-corrected chi connectivity index (χ2v) is 6.03. The van der Waals surface area contributed by atoms with Crippen LogP contribution in [0.2, 0.25) is 0 Å². The molecular weight excluding hydrogens is 334 g/mol. The van der Waals surface area contributed by atoms with E-state index in [9.17, 15) is 13.9 Å². The topological polar surface area (TPSA) is 45.1 Å². The van der Waals surface area contributed by atoms with Crippen molar-refractivity contribution in [2.75, 3.05) is 11.9 Å². The highest BCUT2D eigenvalue weighted by atomic mass is 19.2. The molecule has 1 aromatic heterocycles. The first-order valence-corrected chi connectivity index (χ1v) is 8.59. The molecule has 0 radical (unpaired) electrons. The zero-order valence-corrected chi connectivity index (χ0v) is 14.5. The number of hydrogen-bond donors (Lipinski definition) is 2. The molecule has 0 aliphatic heterocycles. The molecule has 0 aliphatic carbocycles. The summed E-state index contributed by atoms with van der Waals surface area (Å²) in [7, 11) is 0. The lowest BCUT2D eigenvalue weighted by Crippen LogP contribution is -2.04. The van der Waals surface area contributed by atoms with Crippen LogP contribution in [0.1, 0.15) is 19.8 Å². The predicted molar refractivity (Wildman–Crippen MR) is 100 cm³/mol. The average molecular weight is 354 g/mol. The van der Waals surface area contributed by atoms with E-state index < -0.39 is 11.6 Å². The smallest absolute Gasteiger partial charge is 0.166 e. The lowest BCUT2D eigenvalue weighted by Gasteiger charge is -2.12. The first kappa shape index (κ1) is 17.9. The van der Waals surface area contributed by atoms with Gasteiger partial charge in [-0.2, -0.15) is 0 Å². The minimum absolute atomic E-state index is 0.0800. The van der Waals surface area contributed by atoms with Crippen LogP contribution in [-0.4, -0.2) is 16.6 Å². The number of unbranched alkanes of at least 4 members (excludes halogenated alkanes) is 1. The molecule has 1 heterocycles. The molecule has 5 heteroatoms. The summed E-state index contributed by atoms with van der Waals surface area (Å²) in [5.41, 5.74) is 1.67. The fourth-order valence-electron chi connectivity index (χ4n) is 2.72. The largest absolute Gasteiger partial charge is 0.507 e. The summed E-state index contributed by atoms with van der Waals surface area (Å²) < 4.78 is 27.9. The summed E-state index contributed by atoms with van der Waals surface area (Å²) in [5, 5.41) is 13.3. The number of phenols is 1. The number of pyridine rings is 1. The normalized spacial score (nSPS) is 10.7. The molecule has 3 rings (SSSR count). The Hall–Kier alpha value is -2.95. The van der Waals surface area contributed by atoms with Crippen LogP contribution < -0.4 is 5.32 Å². The van der Waals surface area contributed by atoms with Gasteiger partial charge in [-0.15, -0.1) is 0 Å². The summed E-state index contributed by atoms with van der Waals surface area (Å²) in [4.78, 5) is 4.53. The van der Waals surface area contributed by atoms with Gasteiger partial charge in [0.2, 0.25) is 0 Å². The van der Waals surface area contributed by atoms with Crippen LogP contribution in [0.4, 0.5) is 14.6 Å². The third kappa shape index (κ3) is 3.82. The van der Waals surface area contributed by atoms with Gasteiger partial charge >= 0.3 is 0 Å². The van der Waals surface area contributed by atoms with Crippen molar-refractivity contribution in [3.63, 3.8) is 0 Å². The SMILES string of the molecule is CCCCNc1cc(-c2cccc(F)c2F)cc(-c2ccccc2O)n1. The third-order valence-corrected chi connectivity index (χ3v) is 4.10. The van der Waals surface area contributed by atoms with E-state index in [1.54, 1.807) is 36.4 Å². The van der Waals surface area contributed by atoms with Gasteiger partial charge in [0.15, 0.2) is 11.6 Å².